The maximum Gasteiger partial charge on any atom is 0.306 e. The van der Waals surface area contributed by atoms with Gasteiger partial charge in [-0.15, -0.1) is 0 Å². The van der Waals surface area contributed by atoms with Gasteiger partial charge in [0.05, 0.1) is 12.0 Å². The van der Waals surface area contributed by atoms with Gasteiger partial charge in [-0.05, 0) is 25.7 Å². The van der Waals surface area contributed by atoms with E-state index in [1.165, 1.54) is 0 Å². The second-order valence-electron chi connectivity index (χ2n) is 4.98. The quantitative estimate of drug-likeness (QED) is 0.791. The summed E-state index contributed by atoms with van der Waals surface area (Å²) >= 11 is 0. The molecule has 1 aliphatic heterocycles. The summed E-state index contributed by atoms with van der Waals surface area (Å²) in [5.74, 6) is -1.07. The van der Waals surface area contributed by atoms with E-state index in [1.54, 1.807) is 7.11 Å². The van der Waals surface area contributed by atoms with Gasteiger partial charge >= 0.3 is 5.97 Å². The number of likely N-dealkylation sites (tertiary alicyclic amines) is 1. The Morgan fingerprint density at radius 2 is 1.94 bits per heavy atom. The van der Waals surface area contributed by atoms with Crippen LogP contribution in [0.15, 0.2) is 0 Å². The first-order valence-corrected chi connectivity index (χ1v) is 6.16. The zero-order valence-corrected chi connectivity index (χ0v) is 10.1. The monoisotopic (exact) mass is 241 g/mol. The van der Waals surface area contributed by atoms with Gasteiger partial charge in [0, 0.05) is 26.1 Å². The molecule has 1 heterocycles. The second-order valence-corrected chi connectivity index (χ2v) is 4.98. The maximum atomic E-state index is 12.2. The van der Waals surface area contributed by atoms with Crippen molar-refractivity contribution in [3.05, 3.63) is 0 Å². The summed E-state index contributed by atoms with van der Waals surface area (Å²) in [7, 11) is 1.66. The van der Waals surface area contributed by atoms with Gasteiger partial charge in [0.1, 0.15) is 0 Å². The third-order valence-electron chi connectivity index (χ3n) is 3.92. The van der Waals surface area contributed by atoms with E-state index in [4.69, 9.17) is 9.84 Å². The lowest BCUT2D eigenvalue weighted by molar-refractivity contribution is -0.141. The Kier molecular flexibility index (Phi) is 3.66. The topological polar surface area (TPSA) is 66.8 Å². The number of hydrogen-bond donors (Lipinski definition) is 1. The molecule has 5 nitrogen and oxygen atoms in total. The van der Waals surface area contributed by atoms with Crippen molar-refractivity contribution in [2.24, 2.45) is 11.8 Å². The molecule has 0 aromatic heterocycles. The number of carbonyl (C=O) groups is 2. The highest BCUT2D eigenvalue weighted by Gasteiger charge is 2.37. The van der Waals surface area contributed by atoms with Crippen LogP contribution in [0.2, 0.25) is 0 Å². The molecule has 1 saturated carbocycles. The molecule has 96 valence electrons. The summed E-state index contributed by atoms with van der Waals surface area (Å²) < 4.78 is 5.23. The molecule has 0 bridgehead atoms. The second kappa shape index (κ2) is 5.04. The van der Waals surface area contributed by atoms with Crippen molar-refractivity contribution < 1.29 is 19.4 Å². The van der Waals surface area contributed by atoms with Crippen LogP contribution in [0, 0.1) is 11.8 Å². The molecule has 2 fully saturated rings. The van der Waals surface area contributed by atoms with E-state index >= 15 is 0 Å². The summed E-state index contributed by atoms with van der Waals surface area (Å²) in [5.41, 5.74) is 0. The van der Waals surface area contributed by atoms with Gasteiger partial charge < -0.3 is 14.7 Å². The Bertz CT molecular complexity index is 318. The van der Waals surface area contributed by atoms with Gasteiger partial charge in [-0.2, -0.15) is 0 Å². The number of carbonyl (C=O) groups excluding carboxylic acids is 1. The van der Waals surface area contributed by atoms with Crippen molar-refractivity contribution in [2.45, 2.75) is 31.8 Å². The first-order valence-electron chi connectivity index (χ1n) is 6.16. The van der Waals surface area contributed by atoms with Crippen LogP contribution < -0.4 is 0 Å². The Hall–Kier alpha value is -1.10. The first kappa shape index (κ1) is 12.4. The minimum absolute atomic E-state index is 0.0910. The van der Waals surface area contributed by atoms with Crippen LogP contribution in [0.1, 0.15) is 25.7 Å². The largest absolute Gasteiger partial charge is 0.481 e. The highest BCUT2D eigenvalue weighted by atomic mass is 16.5. The maximum absolute atomic E-state index is 12.2. The molecule has 0 aromatic carbocycles. The molecule has 2 rings (SSSR count). The molecule has 3 atom stereocenters. The van der Waals surface area contributed by atoms with Gasteiger partial charge in [-0.25, -0.2) is 0 Å². The number of methoxy groups -OCH3 is 1. The minimum atomic E-state index is -0.767. The lowest BCUT2D eigenvalue weighted by atomic mass is 10.0. The van der Waals surface area contributed by atoms with Crippen molar-refractivity contribution in [1.29, 1.82) is 0 Å². The fourth-order valence-corrected chi connectivity index (χ4v) is 2.81. The Balaban J connectivity index is 1.87. The number of rotatable bonds is 3. The highest BCUT2D eigenvalue weighted by molar-refractivity contribution is 5.81. The fourth-order valence-electron chi connectivity index (χ4n) is 2.81. The molecule has 1 saturated heterocycles. The van der Waals surface area contributed by atoms with Crippen LogP contribution in [0.4, 0.5) is 0 Å². The van der Waals surface area contributed by atoms with Crippen LogP contribution >= 0.6 is 0 Å². The van der Waals surface area contributed by atoms with Crippen molar-refractivity contribution in [2.75, 3.05) is 20.2 Å². The van der Waals surface area contributed by atoms with Crippen LogP contribution in [0.3, 0.4) is 0 Å². The predicted molar refractivity (Wildman–Crippen MR) is 60.5 cm³/mol. The SMILES string of the molecule is COC1CCN(C(=O)[C@@H]2CC[C@H](C(=O)O)C2)C1. The fraction of sp³-hybridized carbons (Fsp3) is 0.833. The summed E-state index contributed by atoms with van der Waals surface area (Å²) in [4.78, 5) is 24.8. The van der Waals surface area contributed by atoms with Crippen LogP contribution in [0.5, 0.6) is 0 Å². The van der Waals surface area contributed by atoms with E-state index < -0.39 is 5.97 Å². The first-order chi connectivity index (χ1) is 8.11. The molecule has 1 N–H and O–H groups in total. The molecule has 5 heteroatoms. The normalized spacial score (nSPS) is 33.0. The molecule has 1 aliphatic carbocycles. The van der Waals surface area contributed by atoms with Gasteiger partial charge in [0.25, 0.3) is 0 Å². The third kappa shape index (κ3) is 2.60. The molecule has 0 spiro atoms. The number of aliphatic carboxylic acids is 1. The number of hydrogen-bond acceptors (Lipinski definition) is 3. The summed E-state index contributed by atoms with van der Waals surface area (Å²) in [6, 6.07) is 0. The summed E-state index contributed by atoms with van der Waals surface area (Å²) in [5, 5.41) is 8.91. The Labute approximate surface area is 101 Å². The minimum Gasteiger partial charge on any atom is -0.481 e. The van der Waals surface area contributed by atoms with Crippen molar-refractivity contribution in [1.82, 2.24) is 4.90 Å². The van der Waals surface area contributed by atoms with Gasteiger partial charge in [-0.1, -0.05) is 0 Å². The average Bonchev–Trinajstić information content (AvgIpc) is 2.97. The molecular weight excluding hydrogens is 222 g/mol. The molecule has 1 amide bonds. The van der Waals surface area contributed by atoms with Crippen LogP contribution in [0.25, 0.3) is 0 Å². The van der Waals surface area contributed by atoms with Crippen molar-refractivity contribution in [3.63, 3.8) is 0 Å². The predicted octanol–water partition coefficient (Wildman–Crippen LogP) is 0.735. The van der Waals surface area contributed by atoms with Crippen LogP contribution in [-0.4, -0.2) is 48.2 Å². The standard InChI is InChI=1S/C12H19NO4/c1-17-10-4-5-13(7-10)11(14)8-2-3-9(6-8)12(15)16/h8-10H,2-7H2,1H3,(H,15,16)/t8-,9+,10?/m1/s1. The molecule has 2 aliphatic rings. The molecule has 0 radical (unpaired) electrons. The average molecular weight is 241 g/mol. The van der Waals surface area contributed by atoms with Crippen molar-refractivity contribution in [3.8, 4) is 0 Å². The van der Waals surface area contributed by atoms with Crippen molar-refractivity contribution >= 4 is 11.9 Å². The van der Waals surface area contributed by atoms with Crippen LogP contribution in [-0.2, 0) is 14.3 Å². The number of ether oxygens (including phenoxy) is 1. The molecule has 17 heavy (non-hydrogen) atoms. The number of carboxylic acids is 1. The zero-order valence-electron chi connectivity index (χ0n) is 10.1. The summed E-state index contributed by atoms with van der Waals surface area (Å²) in [6.07, 6.45) is 2.88. The van der Waals surface area contributed by atoms with E-state index in [0.29, 0.717) is 25.8 Å². The number of amides is 1. The highest BCUT2D eigenvalue weighted by Crippen LogP contribution is 2.33. The number of nitrogens with zero attached hydrogens (tertiary/aromatic N) is 1. The Morgan fingerprint density at radius 3 is 2.47 bits per heavy atom. The van der Waals surface area contributed by atoms with E-state index in [9.17, 15) is 9.59 Å². The van der Waals surface area contributed by atoms with Gasteiger partial charge in [0.15, 0.2) is 0 Å². The molecular formula is C12H19NO4. The number of carboxylic acid groups (broad SMARTS) is 1. The third-order valence-corrected chi connectivity index (χ3v) is 3.92. The molecule has 0 aromatic rings. The lowest BCUT2D eigenvalue weighted by Crippen LogP contribution is -2.34. The van der Waals surface area contributed by atoms with E-state index in [2.05, 4.69) is 0 Å². The van der Waals surface area contributed by atoms with Gasteiger partial charge in [0.2, 0.25) is 5.91 Å². The zero-order chi connectivity index (χ0) is 12.4. The smallest absolute Gasteiger partial charge is 0.306 e. The lowest BCUT2D eigenvalue weighted by Gasteiger charge is -2.20. The van der Waals surface area contributed by atoms with E-state index in [0.717, 1.165) is 13.0 Å². The Morgan fingerprint density at radius 1 is 1.24 bits per heavy atom. The van der Waals surface area contributed by atoms with Gasteiger partial charge in [-0.3, -0.25) is 9.59 Å². The van der Waals surface area contributed by atoms with E-state index in [1.807, 2.05) is 4.90 Å². The van der Waals surface area contributed by atoms with E-state index in [-0.39, 0.29) is 23.8 Å². The molecule has 1 unspecified atom stereocenters. The summed E-state index contributed by atoms with van der Waals surface area (Å²) in [6.45, 7) is 1.40.